The van der Waals surface area contributed by atoms with Gasteiger partial charge in [-0.1, -0.05) is 0 Å². The van der Waals surface area contributed by atoms with Crippen LogP contribution in [0.25, 0.3) is 0 Å². The number of aromatic amines is 1. The van der Waals surface area contributed by atoms with Crippen LogP contribution in [0.15, 0.2) is 0 Å². The Morgan fingerprint density at radius 2 is 1.66 bits per heavy atom. The minimum absolute atomic E-state index is 0.0174. The lowest BCUT2D eigenvalue weighted by molar-refractivity contribution is -0.0249. The summed E-state index contributed by atoms with van der Waals surface area (Å²) in [4.78, 5) is 34.9. The summed E-state index contributed by atoms with van der Waals surface area (Å²) in [6, 6.07) is 0.208. The number of Topliss-reactive ketones (excluding diaryl/α,β-unsaturated/α-hetero) is 1. The lowest BCUT2D eigenvalue weighted by Gasteiger charge is -2.44. The monoisotopic (exact) mass is 402 g/mol. The number of aliphatic hydroxyl groups excluding tert-OH is 1. The van der Waals surface area contributed by atoms with Gasteiger partial charge in [0.05, 0.1) is 17.4 Å². The zero-order valence-electron chi connectivity index (χ0n) is 18.1. The first-order valence-corrected chi connectivity index (χ1v) is 10.9. The molecular formula is C22H34N4O3. The molecule has 0 spiro atoms. The number of hydrogen-bond donors (Lipinski definition) is 2. The molecular weight excluding hydrogens is 368 g/mol. The van der Waals surface area contributed by atoms with E-state index in [1.807, 2.05) is 18.7 Å². The van der Waals surface area contributed by atoms with Gasteiger partial charge in [0, 0.05) is 57.9 Å². The molecule has 2 N–H and O–H groups in total. The number of carbonyl (C=O) groups excluding carboxylic acids is 2. The summed E-state index contributed by atoms with van der Waals surface area (Å²) in [6.07, 6.45) is 1.42. The Morgan fingerprint density at radius 1 is 1.03 bits per heavy atom. The van der Waals surface area contributed by atoms with Gasteiger partial charge in [-0.15, -0.1) is 0 Å². The number of likely N-dealkylation sites (tertiary alicyclic amines) is 1. The van der Waals surface area contributed by atoms with Crippen molar-refractivity contribution in [2.24, 2.45) is 11.8 Å². The van der Waals surface area contributed by atoms with Crippen LogP contribution in [-0.2, 0) is 0 Å². The number of likely N-dealkylation sites (N-methyl/N-ethyl adjacent to an activating group) is 1. The molecule has 1 aromatic heterocycles. The van der Waals surface area contributed by atoms with Crippen LogP contribution in [0, 0.1) is 25.7 Å². The normalized spacial score (nSPS) is 31.1. The van der Waals surface area contributed by atoms with Crippen molar-refractivity contribution in [1.82, 2.24) is 19.7 Å². The summed E-state index contributed by atoms with van der Waals surface area (Å²) in [6.45, 7) is 10.8. The highest BCUT2D eigenvalue weighted by Gasteiger charge is 2.45. The molecule has 2 saturated heterocycles. The van der Waals surface area contributed by atoms with E-state index in [9.17, 15) is 14.7 Å². The SMILES string of the molecule is CC(=O)c1[nH]c(C)c(C(=O)N2C[C@H]3C[C@@H](N4CCN(C)CC4)[C@H](O)C[C@H]3C2)c1C. The largest absolute Gasteiger partial charge is 0.391 e. The highest BCUT2D eigenvalue weighted by Crippen LogP contribution is 2.39. The van der Waals surface area contributed by atoms with Crippen LogP contribution < -0.4 is 0 Å². The Balaban J connectivity index is 1.46. The maximum Gasteiger partial charge on any atom is 0.255 e. The van der Waals surface area contributed by atoms with E-state index in [0.717, 1.165) is 56.8 Å². The zero-order valence-corrected chi connectivity index (χ0v) is 18.1. The number of amides is 1. The molecule has 29 heavy (non-hydrogen) atoms. The standard InChI is InChI=1S/C22H34N4O3/c1-13-20(14(2)23-21(13)15(3)27)22(29)26-11-16-9-18(19(28)10-17(16)12-26)25-7-5-24(4)6-8-25/h16-19,23,28H,5-12H2,1-4H3/t16-,17+,18-,19-/m1/s1. The number of hydrogen-bond acceptors (Lipinski definition) is 5. The van der Waals surface area contributed by atoms with Crippen molar-refractivity contribution in [1.29, 1.82) is 0 Å². The van der Waals surface area contributed by atoms with E-state index in [4.69, 9.17) is 0 Å². The van der Waals surface area contributed by atoms with Gasteiger partial charge < -0.3 is 19.9 Å². The van der Waals surface area contributed by atoms with E-state index in [1.54, 1.807) is 0 Å². The summed E-state index contributed by atoms with van der Waals surface area (Å²) in [7, 11) is 2.15. The molecule has 160 valence electrons. The average molecular weight is 403 g/mol. The maximum absolute atomic E-state index is 13.3. The number of rotatable bonds is 3. The highest BCUT2D eigenvalue weighted by atomic mass is 16.3. The van der Waals surface area contributed by atoms with Gasteiger partial charge in [-0.2, -0.15) is 0 Å². The molecule has 2 aliphatic heterocycles. The van der Waals surface area contributed by atoms with Gasteiger partial charge in [-0.25, -0.2) is 0 Å². The smallest absolute Gasteiger partial charge is 0.255 e. The maximum atomic E-state index is 13.3. The van der Waals surface area contributed by atoms with E-state index in [-0.39, 0.29) is 23.8 Å². The van der Waals surface area contributed by atoms with Crippen LogP contribution >= 0.6 is 0 Å². The van der Waals surface area contributed by atoms with Crippen molar-refractivity contribution in [2.45, 2.75) is 45.8 Å². The Bertz CT molecular complexity index is 796. The van der Waals surface area contributed by atoms with Crippen molar-refractivity contribution >= 4 is 11.7 Å². The van der Waals surface area contributed by atoms with Crippen LogP contribution in [0.4, 0.5) is 0 Å². The molecule has 3 heterocycles. The fourth-order valence-corrected chi connectivity index (χ4v) is 5.70. The molecule has 1 amide bonds. The van der Waals surface area contributed by atoms with Crippen LogP contribution in [0.3, 0.4) is 0 Å². The van der Waals surface area contributed by atoms with Crippen molar-refractivity contribution < 1.29 is 14.7 Å². The molecule has 4 rings (SSSR count). The van der Waals surface area contributed by atoms with Gasteiger partial charge in [-0.05, 0) is 51.1 Å². The minimum atomic E-state index is -0.310. The summed E-state index contributed by atoms with van der Waals surface area (Å²) >= 11 is 0. The number of aromatic nitrogens is 1. The van der Waals surface area contributed by atoms with Crippen LogP contribution in [0.1, 0.15) is 51.9 Å². The molecule has 7 nitrogen and oxygen atoms in total. The second-order valence-electron chi connectivity index (χ2n) is 9.36. The van der Waals surface area contributed by atoms with Gasteiger partial charge in [0.15, 0.2) is 5.78 Å². The van der Waals surface area contributed by atoms with Crippen molar-refractivity contribution in [3.8, 4) is 0 Å². The number of piperazine rings is 1. The second-order valence-corrected chi connectivity index (χ2v) is 9.36. The third-order valence-corrected chi connectivity index (χ3v) is 7.41. The molecule has 4 atom stereocenters. The quantitative estimate of drug-likeness (QED) is 0.745. The first-order valence-electron chi connectivity index (χ1n) is 10.9. The molecule has 1 aromatic rings. The van der Waals surface area contributed by atoms with Crippen molar-refractivity contribution in [2.75, 3.05) is 46.3 Å². The predicted octanol–water partition coefficient (Wildman–Crippen LogP) is 1.29. The lowest BCUT2D eigenvalue weighted by atomic mass is 9.77. The number of ketones is 1. The van der Waals surface area contributed by atoms with Gasteiger partial charge >= 0.3 is 0 Å². The van der Waals surface area contributed by atoms with E-state index in [1.165, 1.54) is 6.92 Å². The molecule has 3 fully saturated rings. The van der Waals surface area contributed by atoms with Crippen LogP contribution in [0.2, 0.25) is 0 Å². The van der Waals surface area contributed by atoms with Crippen molar-refractivity contribution in [3.63, 3.8) is 0 Å². The molecule has 0 unspecified atom stereocenters. The number of nitrogens with one attached hydrogen (secondary N) is 1. The predicted molar refractivity (Wildman–Crippen MR) is 111 cm³/mol. The molecule has 1 saturated carbocycles. The van der Waals surface area contributed by atoms with Gasteiger partial charge in [0.2, 0.25) is 0 Å². The van der Waals surface area contributed by atoms with Crippen LogP contribution in [0.5, 0.6) is 0 Å². The highest BCUT2D eigenvalue weighted by molar-refractivity contribution is 6.02. The van der Waals surface area contributed by atoms with Crippen LogP contribution in [-0.4, -0.2) is 94.9 Å². The third-order valence-electron chi connectivity index (χ3n) is 7.41. The second kappa shape index (κ2) is 7.85. The molecule has 1 aliphatic carbocycles. The fraction of sp³-hybridized carbons (Fsp3) is 0.727. The van der Waals surface area contributed by atoms with E-state index < -0.39 is 0 Å². The van der Waals surface area contributed by atoms with Gasteiger partial charge in [0.1, 0.15) is 0 Å². The summed E-state index contributed by atoms with van der Waals surface area (Å²) < 4.78 is 0. The summed E-state index contributed by atoms with van der Waals surface area (Å²) in [5, 5.41) is 10.8. The molecule has 0 bridgehead atoms. The number of nitrogens with zero attached hydrogens (tertiary/aromatic N) is 3. The number of H-pyrrole nitrogens is 1. The number of aryl methyl sites for hydroxylation is 1. The Morgan fingerprint density at radius 3 is 2.24 bits per heavy atom. The van der Waals surface area contributed by atoms with Crippen molar-refractivity contribution in [3.05, 3.63) is 22.5 Å². The first kappa shape index (κ1) is 20.6. The average Bonchev–Trinajstić information content (AvgIpc) is 3.21. The van der Waals surface area contributed by atoms with E-state index in [0.29, 0.717) is 29.6 Å². The number of carbonyl (C=O) groups is 2. The summed E-state index contributed by atoms with van der Waals surface area (Å²) in [5.74, 6) is 0.782. The van der Waals surface area contributed by atoms with Gasteiger partial charge in [-0.3, -0.25) is 14.5 Å². The first-order chi connectivity index (χ1) is 13.8. The summed E-state index contributed by atoms with van der Waals surface area (Å²) in [5.41, 5.74) is 2.70. The molecule has 0 aromatic carbocycles. The molecule has 7 heteroatoms. The molecule has 3 aliphatic rings. The fourth-order valence-electron chi connectivity index (χ4n) is 5.70. The van der Waals surface area contributed by atoms with E-state index in [2.05, 4.69) is 21.8 Å². The lowest BCUT2D eigenvalue weighted by Crippen LogP contribution is -2.55. The Labute approximate surface area is 173 Å². The Hall–Kier alpha value is -1.70. The van der Waals surface area contributed by atoms with E-state index >= 15 is 0 Å². The Kier molecular flexibility index (Phi) is 5.57. The third kappa shape index (κ3) is 3.76. The molecule has 0 radical (unpaired) electrons. The van der Waals surface area contributed by atoms with Gasteiger partial charge in [0.25, 0.3) is 5.91 Å². The zero-order chi connectivity index (χ0) is 20.9. The topological polar surface area (TPSA) is 79.9 Å². The minimum Gasteiger partial charge on any atom is -0.391 e. The number of fused-ring (bicyclic) bond motifs is 1. The number of aliphatic hydroxyl groups is 1.